The van der Waals surface area contributed by atoms with Crippen LogP contribution in [0.15, 0.2) is 73.1 Å². The minimum Gasteiger partial charge on any atom is -0.274 e. The smallest absolute Gasteiger partial charge is 0.180 e. The van der Waals surface area contributed by atoms with E-state index >= 15 is 0 Å². The Balaban J connectivity index is 1.80. The van der Waals surface area contributed by atoms with Gasteiger partial charge >= 0.3 is 0 Å². The Kier molecular flexibility index (Phi) is 4.36. The Morgan fingerprint density at radius 1 is 0.821 bits per heavy atom. The Hall–Kier alpha value is -2.73. The van der Waals surface area contributed by atoms with Gasteiger partial charge in [0, 0.05) is 38.8 Å². The first kappa shape index (κ1) is 17.4. The number of aromatic nitrogens is 4. The molecule has 0 bridgehead atoms. The summed E-state index contributed by atoms with van der Waals surface area (Å²) in [5.41, 5.74) is 1.89. The molecule has 136 valence electrons. The van der Waals surface area contributed by atoms with E-state index in [1.807, 2.05) is 65.2 Å². The Morgan fingerprint density at radius 2 is 1.57 bits per heavy atom. The molecule has 0 aliphatic rings. The summed E-state index contributed by atoms with van der Waals surface area (Å²) in [7, 11) is 0. The van der Waals surface area contributed by atoms with E-state index < -0.39 is 0 Å². The molecule has 2 aromatic carbocycles. The maximum absolute atomic E-state index is 6.73. The Bertz CT molecular complexity index is 1280. The second kappa shape index (κ2) is 7.02. The van der Waals surface area contributed by atoms with E-state index in [-0.39, 0.29) is 0 Å². The number of para-hydroxylation sites is 1. The fourth-order valence-corrected chi connectivity index (χ4v) is 4.89. The van der Waals surface area contributed by atoms with E-state index in [2.05, 4.69) is 15.2 Å². The summed E-state index contributed by atoms with van der Waals surface area (Å²) in [6.45, 7) is 0. The van der Waals surface area contributed by atoms with Gasteiger partial charge in [0.2, 0.25) is 0 Å². The normalized spacial score (nSPS) is 11.2. The molecule has 5 aromatic rings. The van der Waals surface area contributed by atoms with Crippen LogP contribution in [0.1, 0.15) is 0 Å². The number of fused-ring (bicyclic) bond motifs is 1. The van der Waals surface area contributed by atoms with Crippen molar-refractivity contribution < 1.29 is 0 Å². The summed E-state index contributed by atoms with van der Waals surface area (Å²) < 4.78 is 3.04. The zero-order chi connectivity index (χ0) is 19.1. The molecule has 4 nitrogen and oxygen atoms in total. The number of pyridine rings is 1. The van der Waals surface area contributed by atoms with Crippen molar-refractivity contribution in [3.63, 3.8) is 0 Å². The molecule has 0 spiro atoms. The first-order valence-corrected chi connectivity index (χ1v) is 10.1. The third kappa shape index (κ3) is 2.88. The molecule has 0 aliphatic heterocycles. The van der Waals surface area contributed by atoms with Crippen molar-refractivity contribution in [3.8, 4) is 27.8 Å². The lowest BCUT2D eigenvalue weighted by Gasteiger charge is -2.10. The van der Waals surface area contributed by atoms with E-state index in [0.717, 1.165) is 32.0 Å². The van der Waals surface area contributed by atoms with Crippen LogP contribution in [0.5, 0.6) is 0 Å². The second-order valence-electron chi connectivity index (χ2n) is 6.14. The van der Waals surface area contributed by atoms with Crippen LogP contribution in [-0.4, -0.2) is 19.7 Å². The van der Waals surface area contributed by atoms with E-state index in [1.165, 1.54) is 0 Å². The molecule has 0 N–H and O–H groups in total. The van der Waals surface area contributed by atoms with Gasteiger partial charge in [-0.2, -0.15) is 0 Å². The zero-order valence-corrected chi connectivity index (χ0v) is 16.7. The van der Waals surface area contributed by atoms with Crippen molar-refractivity contribution in [1.29, 1.82) is 0 Å². The van der Waals surface area contributed by atoms with Crippen LogP contribution in [0, 0.1) is 0 Å². The van der Waals surface area contributed by atoms with Crippen LogP contribution in [-0.2, 0) is 0 Å². The zero-order valence-electron chi connectivity index (χ0n) is 14.4. The first-order valence-electron chi connectivity index (χ1n) is 8.51. The minimum absolute atomic E-state index is 0.655. The first-order chi connectivity index (χ1) is 13.7. The predicted octanol–water partition coefficient (Wildman–Crippen LogP) is 6.52. The third-order valence-corrected chi connectivity index (χ3v) is 6.30. The standard InChI is InChI=1S/C21H12Cl2N4S/c22-14-6-7-16-17(12-14)28-19(18(16)23)21-26-25-20(13-8-10-24-11-9-13)27(21)15-4-2-1-3-5-15/h1-12H. The highest BCUT2D eigenvalue weighted by molar-refractivity contribution is 7.23. The monoisotopic (exact) mass is 422 g/mol. The summed E-state index contributed by atoms with van der Waals surface area (Å²) in [4.78, 5) is 4.96. The number of nitrogens with zero attached hydrogens (tertiary/aromatic N) is 4. The van der Waals surface area contributed by atoms with Crippen molar-refractivity contribution in [2.75, 3.05) is 0 Å². The molecule has 0 aliphatic carbocycles. The van der Waals surface area contributed by atoms with E-state index in [0.29, 0.717) is 15.9 Å². The number of hydrogen-bond donors (Lipinski definition) is 0. The summed E-state index contributed by atoms with van der Waals surface area (Å²) in [5, 5.41) is 11.3. The third-order valence-electron chi connectivity index (χ3n) is 4.41. The number of halogens is 2. The highest BCUT2D eigenvalue weighted by Crippen LogP contribution is 2.43. The topological polar surface area (TPSA) is 43.6 Å². The van der Waals surface area contributed by atoms with Crippen molar-refractivity contribution in [2.45, 2.75) is 0 Å². The van der Waals surface area contributed by atoms with Crippen molar-refractivity contribution in [3.05, 3.63) is 83.1 Å². The maximum Gasteiger partial charge on any atom is 0.180 e. The van der Waals surface area contributed by atoms with Crippen molar-refractivity contribution >= 4 is 44.6 Å². The van der Waals surface area contributed by atoms with Gasteiger partial charge in [-0.05, 0) is 36.4 Å². The van der Waals surface area contributed by atoms with E-state index in [9.17, 15) is 0 Å². The van der Waals surface area contributed by atoms with Gasteiger partial charge in [-0.25, -0.2) is 0 Å². The predicted molar refractivity (Wildman–Crippen MR) is 115 cm³/mol. The SMILES string of the molecule is Clc1ccc2c(Cl)c(-c3nnc(-c4ccncc4)n3-c3ccccc3)sc2c1. The molecule has 0 saturated carbocycles. The van der Waals surface area contributed by atoms with Gasteiger partial charge < -0.3 is 0 Å². The molecular formula is C21H12Cl2N4S. The van der Waals surface area contributed by atoms with Gasteiger partial charge in [0.05, 0.1) is 9.90 Å². The van der Waals surface area contributed by atoms with Gasteiger partial charge in [-0.3, -0.25) is 9.55 Å². The molecule has 0 radical (unpaired) electrons. The van der Waals surface area contributed by atoms with Crippen molar-refractivity contribution in [2.24, 2.45) is 0 Å². The van der Waals surface area contributed by atoms with Crippen LogP contribution < -0.4 is 0 Å². The Labute approximate surface area is 175 Å². The average Bonchev–Trinajstić information content (AvgIpc) is 3.30. The second-order valence-corrected chi connectivity index (χ2v) is 8.01. The summed E-state index contributed by atoms with van der Waals surface area (Å²) in [5.74, 6) is 1.43. The summed E-state index contributed by atoms with van der Waals surface area (Å²) >= 11 is 14.5. The van der Waals surface area contributed by atoms with Crippen LogP contribution in [0.4, 0.5) is 0 Å². The van der Waals surface area contributed by atoms with Crippen LogP contribution in [0.2, 0.25) is 10.0 Å². The molecule has 0 amide bonds. The lowest BCUT2D eigenvalue weighted by Crippen LogP contribution is -1.99. The number of thiophene rings is 1. The van der Waals surface area contributed by atoms with Gasteiger partial charge in [0.1, 0.15) is 0 Å². The van der Waals surface area contributed by atoms with Crippen LogP contribution in [0.25, 0.3) is 37.9 Å². The van der Waals surface area contributed by atoms with Crippen LogP contribution >= 0.6 is 34.5 Å². The fourth-order valence-electron chi connectivity index (χ4n) is 3.12. The Morgan fingerprint density at radius 3 is 2.36 bits per heavy atom. The van der Waals surface area contributed by atoms with Crippen molar-refractivity contribution in [1.82, 2.24) is 19.7 Å². The molecule has 0 unspecified atom stereocenters. The quantitative estimate of drug-likeness (QED) is 0.332. The molecular weight excluding hydrogens is 411 g/mol. The maximum atomic E-state index is 6.73. The summed E-state index contributed by atoms with van der Waals surface area (Å²) in [6.07, 6.45) is 3.49. The number of rotatable bonds is 3. The number of benzene rings is 2. The average molecular weight is 423 g/mol. The molecule has 5 rings (SSSR count). The molecule has 28 heavy (non-hydrogen) atoms. The van der Waals surface area contributed by atoms with Crippen LogP contribution in [0.3, 0.4) is 0 Å². The molecule has 3 heterocycles. The van der Waals surface area contributed by atoms with Gasteiger partial charge in [0.25, 0.3) is 0 Å². The van der Waals surface area contributed by atoms with Gasteiger partial charge in [0.15, 0.2) is 11.6 Å². The highest BCUT2D eigenvalue weighted by atomic mass is 35.5. The summed E-state index contributed by atoms with van der Waals surface area (Å²) in [6, 6.07) is 19.5. The van der Waals surface area contributed by atoms with Gasteiger partial charge in [-0.15, -0.1) is 21.5 Å². The van der Waals surface area contributed by atoms with E-state index in [4.69, 9.17) is 23.2 Å². The van der Waals surface area contributed by atoms with E-state index in [1.54, 1.807) is 23.7 Å². The molecule has 0 fully saturated rings. The fraction of sp³-hybridized carbons (Fsp3) is 0. The lowest BCUT2D eigenvalue weighted by molar-refractivity contribution is 1.07. The minimum atomic E-state index is 0.655. The largest absolute Gasteiger partial charge is 0.274 e. The molecule has 7 heteroatoms. The molecule has 0 atom stereocenters. The number of hydrogen-bond acceptors (Lipinski definition) is 4. The molecule has 0 saturated heterocycles. The highest BCUT2D eigenvalue weighted by Gasteiger charge is 2.22. The lowest BCUT2D eigenvalue weighted by atomic mass is 10.2. The van der Waals surface area contributed by atoms with Gasteiger partial charge in [-0.1, -0.05) is 47.5 Å². The molecule has 3 aromatic heterocycles.